The van der Waals surface area contributed by atoms with Crippen molar-refractivity contribution >= 4 is 23.2 Å². The van der Waals surface area contributed by atoms with E-state index in [1.807, 2.05) is 70.5 Å². The molecule has 0 spiro atoms. The van der Waals surface area contributed by atoms with Crippen molar-refractivity contribution in [1.29, 1.82) is 0 Å². The molecule has 0 N–H and O–H groups in total. The van der Waals surface area contributed by atoms with E-state index in [1.54, 1.807) is 0 Å². The summed E-state index contributed by atoms with van der Waals surface area (Å²) in [4.78, 5) is 35.4. The van der Waals surface area contributed by atoms with Crippen LogP contribution in [0.5, 0.6) is 0 Å². The Kier molecular flexibility index (Phi) is 5.55. The summed E-state index contributed by atoms with van der Waals surface area (Å²) < 4.78 is 0. The molecule has 31 heavy (non-hydrogen) atoms. The number of nitrogens with zero attached hydrogens (tertiary/aromatic N) is 3. The molecule has 0 atom stereocenters. The van der Waals surface area contributed by atoms with Gasteiger partial charge in [-0.15, -0.1) is 11.3 Å². The van der Waals surface area contributed by atoms with Crippen LogP contribution in [0.25, 0.3) is 21.8 Å². The molecule has 2 amide bonds. The summed E-state index contributed by atoms with van der Waals surface area (Å²) in [5, 5.41) is 0.849. The van der Waals surface area contributed by atoms with Gasteiger partial charge in [-0.3, -0.25) is 9.59 Å². The average Bonchev–Trinajstić information content (AvgIpc) is 3.24. The first-order chi connectivity index (χ1) is 15.2. The smallest absolute Gasteiger partial charge is 0.266 e. The maximum atomic E-state index is 13.5. The van der Waals surface area contributed by atoms with Crippen molar-refractivity contribution in [2.45, 2.75) is 19.3 Å². The zero-order chi connectivity index (χ0) is 21.2. The van der Waals surface area contributed by atoms with Crippen LogP contribution in [0.4, 0.5) is 0 Å². The summed E-state index contributed by atoms with van der Waals surface area (Å²) in [6.45, 7) is 2.38. The fraction of sp³-hybridized carbons (Fsp3) is 0.320. The van der Waals surface area contributed by atoms with Crippen LogP contribution in [-0.4, -0.2) is 52.8 Å². The van der Waals surface area contributed by atoms with E-state index in [0.29, 0.717) is 31.1 Å². The highest BCUT2D eigenvalue weighted by atomic mass is 32.1. The van der Waals surface area contributed by atoms with E-state index < -0.39 is 0 Å². The molecule has 1 saturated heterocycles. The van der Waals surface area contributed by atoms with Crippen LogP contribution < -0.4 is 0 Å². The van der Waals surface area contributed by atoms with E-state index in [0.717, 1.165) is 41.1 Å². The van der Waals surface area contributed by atoms with Crippen molar-refractivity contribution in [2.24, 2.45) is 5.92 Å². The van der Waals surface area contributed by atoms with E-state index in [-0.39, 0.29) is 17.7 Å². The lowest BCUT2D eigenvalue weighted by Gasteiger charge is -2.38. The first kappa shape index (κ1) is 19.9. The summed E-state index contributed by atoms with van der Waals surface area (Å²) in [5.74, 6) is 0.489. The first-order valence-corrected chi connectivity index (χ1v) is 11.7. The Bertz CT molecular complexity index is 1070. The minimum absolute atomic E-state index is 0.00859. The third-order valence-corrected chi connectivity index (χ3v) is 7.31. The second-order valence-electron chi connectivity index (χ2n) is 8.17. The molecule has 2 heterocycles. The zero-order valence-corrected chi connectivity index (χ0v) is 18.2. The molecule has 6 heteroatoms. The van der Waals surface area contributed by atoms with Gasteiger partial charge in [0.2, 0.25) is 5.91 Å². The molecular formula is C25H25N3O2S. The number of carbonyl (C=O) groups excluding carboxylic acids is 2. The lowest BCUT2D eigenvalue weighted by atomic mass is 9.84. The molecule has 2 fully saturated rings. The Morgan fingerprint density at radius 3 is 1.97 bits per heavy atom. The molecule has 5 nitrogen and oxygen atoms in total. The monoisotopic (exact) mass is 431 g/mol. The molecule has 158 valence electrons. The summed E-state index contributed by atoms with van der Waals surface area (Å²) >= 11 is 1.45. The SMILES string of the molecule is O=C(c1sc(-c2ccccc2)nc1-c1ccccc1)N1CCN(C(=O)C2CCC2)CC1. The first-order valence-electron chi connectivity index (χ1n) is 10.9. The normalized spacial score (nSPS) is 16.8. The number of piperazine rings is 1. The van der Waals surface area contributed by atoms with Crippen molar-refractivity contribution in [3.8, 4) is 21.8 Å². The highest BCUT2D eigenvalue weighted by molar-refractivity contribution is 7.17. The molecule has 1 aliphatic carbocycles. The van der Waals surface area contributed by atoms with Crippen molar-refractivity contribution in [1.82, 2.24) is 14.8 Å². The number of amides is 2. The van der Waals surface area contributed by atoms with Crippen molar-refractivity contribution in [3.05, 3.63) is 65.5 Å². The summed E-state index contributed by atoms with van der Waals surface area (Å²) in [6, 6.07) is 19.9. The van der Waals surface area contributed by atoms with Crippen molar-refractivity contribution < 1.29 is 9.59 Å². The lowest BCUT2D eigenvalue weighted by molar-refractivity contribution is -0.139. The van der Waals surface area contributed by atoms with Gasteiger partial charge in [-0.25, -0.2) is 4.98 Å². The Hall–Kier alpha value is -2.99. The van der Waals surface area contributed by atoms with Gasteiger partial charge in [0, 0.05) is 43.2 Å². The molecule has 2 aromatic carbocycles. The predicted molar refractivity (Wildman–Crippen MR) is 123 cm³/mol. The highest BCUT2D eigenvalue weighted by Gasteiger charge is 2.33. The van der Waals surface area contributed by atoms with Crippen LogP contribution in [0, 0.1) is 5.92 Å². The number of thiazole rings is 1. The minimum Gasteiger partial charge on any atom is -0.339 e. The number of hydrogen-bond donors (Lipinski definition) is 0. The number of carbonyl (C=O) groups is 2. The fourth-order valence-electron chi connectivity index (χ4n) is 4.15. The molecule has 2 aliphatic rings. The number of rotatable bonds is 4. The Morgan fingerprint density at radius 2 is 1.39 bits per heavy atom. The molecule has 0 unspecified atom stereocenters. The van der Waals surface area contributed by atoms with Gasteiger partial charge in [0.25, 0.3) is 5.91 Å². The van der Waals surface area contributed by atoms with Gasteiger partial charge >= 0.3 is 0 Å². The van der Waals surface area contributed by atoms with Crippen molar-refractivity contribution in [2.75, 3.05) is 26.2 Å². The second-order valence-corrected chi connectivity index (χ2v) is 9.17. The van der Waals surface area contributed by atoms with Gasteiger partial charge < -0.3 is 9.80 Å². The number of aromatic nitrogens is 1. The fourth-order valence-corrected chi connectivity index (χ4v) is 5.21. The van der Waals surface area contributed by atoms with Crippen LogP contribution in [0.2, 0.25) is 0 Å². The van der Waals surface area contributed by atoms with Crippen LogP contribution in [0.15, 0.2) is 60.7 Å². The average molecular weight is 432 g/mol. The van der Waals surface area contributed by atoms with Gasteiger partial charge in [-0.05, 0) is 12.8 Å². The van der Waals surface area contributed by atoms with Crippen LogP contribution in [0.3, 0.4) is 0 Å². The minimum atomic E-state index is 0.00859. The molecule has 1 saturated carbocycles. The Labute approximate surface area is 186 Å². The maximum Gasteiger partial charge on any atom is 0.266 e. The van der Waals surface area contributed by atoms with E-state index in [9.17, 15) is 9.59 Å². The molecule has 0 radical (unpaired) electrons. The van der Waals surface area contributed by atoms with Gasteiger partial charge in [-0.1, -0.05) is 67.1 Å². The van der Waals surface area contributed by atoms with Crippen molar-refractivity contribution in [3.63, 3.8) is 0 Å². The highest BCUT2D eigenvalue weighted by Crippen LogP contribution is 2.35. The van der Waals surface area contributed by atoms with Crippen LogP contribution in [-0.2, 0) is 4.79 Å². The second kappa shape index (κ2) is 8.63. The number of benzene rings is 2. The van der Waals surface area contributed by atoms with Gasteiger partial charge in [0.1, 0.15) is 9.88 Å². The third-order valence-electron chi connectivity index (χ3n) is 6.22. The summed E-state index contributed by atoms with van der Waals surface area (Å²) in [6.07, 6.45) is 3.19. The summed E-state index contributed by atoms with van der Waals surface area (Å²) in [5.41, 5.74) is 2.70. The van der Waals surface area contributed by atoms with E-state index in [2.05, 4.69) is 0 Å². The largest absolute Gasteiger partial charge is 0.339 e. The molecule has 0 bridgehead atoms. The summed E-state index contributed by atoms with van der Waals surface area (Å²) in [7, 11) is 0. The lowest BCUT2D eigenvalue weighted by Crippen LogP contribution is -2.52. The van der Waals surface area contributed by atoms with Gasteiger partial charge in [-0.2, -0.15) is 0 Å². The quantitative estimate of drug-likeness (QED) is 0.608. The number of hydrogen-bond acceptors (Lipinski definition) is 4. The zero-order valence-electron chi connectivity index (χ0n) is 17.4. The maximum absolute atomic E-state index is 13.5. The molecule has 5 rings (SSSR count). The molecular weight excluding hydrogens is 406 g/mol. The van der Waals surface area contributed by atoms with E-state index in [4.69, 9.17) is 4.98 Å². The van der Waals surface area contributed by atoms with Gasteiger partial charge in [0.15, 0.2) is 0 Å². The van der Waals surface area contributed by atoms with Gasteiger partial charge in [0.05, 0.1) is 5.69 Å². The van der Waals surface area contributed by atoms with E-state index in [1.165, 1.54) is 11.3 Å². The molecule has 3 aromatic rings. The topological polar surface area (TPSA) is 53.5 Å². The van der Waals surface area contributed by atoms with E-state index >= 15 is 0 Å². The van der Waals surface area contributed by atoms with Crippen LogP contribution in [0.1, 0.15) is 28.9 Å². The van der Waals surface area contributed by atoms with Crippen LogP contribution >= 0.6 is 11.3 Å². The molecule has 1 aromatic heterocycles. The predicted octanol–water partition coefficient (Wildman–Crippen LogP) is 4.56. The Balaban J connectivity index is 1.39. The third kappa shape index (κ3) is 4.00. The molecule has 1 aliphatic heterocycles. The Morgan fingerprint density at radius 1 is 0.806 bits per heavy atom. The standard InChI is InChI=1S/C25H25N3O2S/c29-24(20-12-7-13-20)27-14-16-28(17-15-27)25(30)22-21(18-8-3-1-4-9-18)26-23(31-22)19-10-5-2-6-11-19/h1-6,8-11,20H,7,12-17H2.